The van der Waals surface area contributed by atoms with Crippen molar-refractivity contribution >= 4 is 50.5 Å². The Labute approximate surface area is 134 Å². The van der Waals surface area contributed by atoms with Crippen molar-refractivity contribution in [1.29, 1.82) is 0 Å². The van der Waals surface area contributed by atoms with Crippen LogP contribution in [0.1, 0.15) is 12.8 Å². The van der Waals surface area contributed by atoms with Crippen molar-refractivity contribution in [3.63, 3.8) is 0 Å². The average molecular weight is 351 g/mol. The minimum atomic E-state index is -2.90. The Hall–Kier alpha value is -0.920. The van der Waals surface area contributed by atoms with E-state index in [1.807, 2.05) is 0 Å². The van der Waals surface area contributed by atoms with Crippen LogP contribution >= 0.6 is 23.4 Å². The predicted molar refractivity (Wildman–Crippen MR) is 90.8 cm³/mol. The highest BCUT2D eigenvalue weighted by Crippen LogP contribution is 2.23. The van der Waals surface area contributed by atoms with Gasteiger partial charge in [-0.2, -0.15) is 11.8 Å². The molecule has 0 unspecified atom stereocenters. The first-order chi connectivity index (χ1) is 9.78. The second-order valence-corrected chi connectivity index (χ2v) is 8.55. The van der Waals surface area contributed by atoms with E-state index in [0.29, 0.717) is 35.0 Å². The van der Waals surface area contributed by atoms with Gasteiger partial charge in [0.15, 0.2) is 0 Å². The maximum absolute atomic E-state index is 11.8. The molecular formula is C13H19ClN2O3S2. The zero-order valence-corrected chi connectivity index (χ0v) is 14.2. The molecule has 21 heavy (non-hydrogen) atoms. The molecule has 0 aliphatic rings. The molecular weight excluding hydrogens is 332 g/mol. The molecule has 0 aromatic heterocycles. The third-order valence-corrected chi connectivity index (χ3v) is 5.09. The van der Waals surface area contributed by atoms with E-state index < -0.39 is 9.84 Å². The zero-order valence-electron chi connectivity index (χ0n) is 11.8. The Morgan fingerprint density at radius 1 is 1.38 bits per heavy atom. The summed E-state index contributed by atoms with van der Waals surface area (Å²) in [7, 11) is -2.90. The van der Waals surface area contributed by atoms with Crippen LogP contribution in [0.25, 0.3) is 0 Å². The largest absolute Gasteiger partial charge is 0.397 e. The van der Waals surface area contributed by atoms with Crippen LogP contribution in [0.15, 0.2) is 18.2 Å². The van der Waals surface area contributed by atoms with E-state index in [4.69, 9.17) is 17.3 Å². The minimum Gasteiger partial charge on any atom is -0.397 e. The molecule has 8 heteroatoms. The Bertz CT molecular complexity index is 591. The monoisotopic (exact) mass is 350 g/mol. The van der Waals surface area contributed by atoms with Crippen LogP contribution in [-0.4, -0.2) is 37.8 Å². The third kappa shape index (κ3) is 8.18. The van der Waals surface area contributed by atoms with E-state index in [-0.39, 0.29) is 11.7 Å². The lowest BCUT2D eigenvalue weighted by molar-refractivity contribution is -0.116. The fraction of sp³-hybridized carbons (Fsp3) is 0.462. The van der Waals surface area contributed by atoms with Gasteiger partial charge >= 0.3 is 0 Å². The molecule has 3 N–H and O–H groups in total. The van der Waals surface area contributed by atoms with Crippen molar-refractivity contribution in [2.75, 3.05) is 34.6 Å². The number of amides is 1. The lowest BCUT2D eigenvalue weighted by atomic mass is 10.2. The molecule has 1 aromatic carbocycles. The number of thioether (sulfide) groups is 1. The Morgan fingerprint density at radius 3 is 2.76 bits per heavy atom. The van der Waals surface area contributed by atoms with E-state index in [1.165, 1.54) is 18.0 Å². The maximum atomic E-state index is 11.8. The van der Waals surface area contributed by atoms with Crippen LogP contribution in [0.2, 0.25) is 5.02 Å². The van der Waals surface area contributed by atoms with Gasteiger partial charge in [0.1, 0.15) is 9.84 Å². The topological polar surface area (TPSA) is 89.3 Å². The van der Waals surface area contributed by atoms with Gasteiger partial charge < -0.3 is 11.1 Å². The number of hydrogen-bond acceptors (Lipinski definition) is 5. The van der Waals surface area contributed by atoms with E-state index in [0.717, 1.165) is 5.75 Å². The molecule has 0 saturated heterocycles. The molecule has 0 bridgehead atoms. The number of nitrogen functional groups attached to an aromatic ring is 1. The number of halogens is 1. The van der Waals surface area contributed by atoms with Crippen molar-refractivity contribution in [2.24, 2.45) is 0 Å². The van der Waals surface area contributed by atoms with Crippen molar-refractivity contribution in [1.82, 2.24) is 0 Å². The summed E-state index contributed by atoms with van der Waals surface area (Å²) in [6, 6.07) is 4.90. The molecule has 118 valence electrons. The fourth-order valence-electron chi connectivity index (χ4n) is 1.50. The number of benzene rings is 1. The Kier molecular flexibility index (Phi) is 7.34. The normalized spacial score (nSPS) is 11.3. The average Bonchev–Trinajstić information content (AvgIpc) is 2.37. The fourth-order valence-corrected chi connectivity index (χ4v) is 3.90. The molecule has 0 atom stereocenters. The van der Waals surface area contributed by atoms with Gasteiger partial charge in [-0.25, -0.2) is 8.42 Å². The first-order valence-corrected chi connectivity index (χ1v) is 9.97. The van der Waals surface area contributed by atoms with Crippen molar-refractivity contribution in [3.8, 4) is 0 Å². The quantitative estimate of drug-likeness (QED) is 0.555. The van der Waals surface area contributed by atoms with Gasteiger partial charge in [-0.3, -0.25) is 4.79 Å². The summed E-state index contributed by atoms with van der Waals surface area (Å²) in [5.41, 5.74) is 6.72. The van der Waals surface area contributed by atoms with Crippen LogP contribution in [0.3, 0.4) is 0 Å². The highest BCUT2D eigenvalue weighted by molar-refractivity contribution is 8.00. The highest BCUT2D eigenvalue weighted by atomic mass is 35.5. The molecule has 0 saturated carbocycles. The van der Waals surface area contributed by atoms with Gasteiger partial charge in [-0.15, -0.1) is 0 Å². The summed E-state index contributed by atoms with van der Waals surface area (Å²) in [4.78, 5) is 11.8. The standard InChI is InChI=1S/C13H19ClN2O3S2/c1-21(18,19)8-7-20-6-2-3-13(17)16-12-9-10(14)4-5-11(12)15/h4-5,9H,2-3,6-8,15H2,1H3,(H,16,17). The van der Waals surface area contributed by atoms with Gasteiger partial charge in [0.05, 0.1) is 17.1 Å². The molecule has 0 aliphatic carbocycles. The zero-order chi connectivity index (χ0) is 15.9. The van der Waals surface area contributed by atoms with Crippen LogP contribution in [0.4, 0.5) is 11.4 Å². The van der Waals surface area contributed by atoms with Gasteiger partial charge in [-0.1, -0.05) is 11.6 Å². The van der Waals surface area contributed by atoms with Gasteiger partial charge in [0, 0.05) is 23.5 Å². The third-order valence-electron chi connectivity index (χ3n) is 2.58. The minimum absolute atomic E-state index is 0.132. The van der Waals surface area contributed by atoms with Crippen LogP contribution < -0.4 is 11.1 Å². The summed E-state index contributed by atoms with van der Waals surface area (Å²) in [6.45, 7) is 0. The second kappa shape index (κ2) is 8.51. The van der Waals surface area contributed by atoms with Crippen LogP contribution in [0.5, 0.6) is 0 Å². The lowest BCUT2D eigenvalue weighted by Gasteiger charge is -2.08. The summed E-state index contributed by atoms with van der Waals surface area (Å²) in [5, 5.41) is 3.22. The van der Waals surface area contributed by atoms with Crippen LogP contribution in [0, 0.1) is 0 Å². The van der Waals surface area contributed by atoms with E-state index in [9.17, 15) is 13.2 Å². The van der Waals surface area contributed by atoms with Gasteiger partial charge in [0.2, 0.25) is 5.91 Å². The summed E-state index contributed by atoms with van der Waals surface area (Å²) < 4.78 is 21.9. The number of nitrogens with two attached hydrogens (primary N) is 1. The van der Waals surface area contributed by atoms with E-state index >= 15 is 0 Å². The number of nitrogens with one attached hydrogen (secondary N) is 1. The molecule has 0 radical (unpaired) electrons. The van der Waals surface area contributed by atoms with Crippen molar-refractivity contribution in [2.45, 2.75) is 12.8 Å². The SMILES string of the molecule is CS(=O)(=O)CCSCCCC(=O)Nc1cc(Cl)ccc1N. The number of sulfone groups is 1. The predicted octanol–water partition coefficient (Wildman–Crippen LogP) is 2.42. The van der Waals surface area contributed by atoms with E-state index in [1.54, 1.807) is 18.2 Å². The number of hydrogen-bond donors (Lipinski definition) is 2. The summed E-state index contributed by atoms with van der Waals surface area (Å²) in [6.07, 6.45) is 2.26. The molecule has 0 fully saturated rings. The molecule has 1 aromatic rings. The van der Waals surface area contributed by atoms with Gasteiger partial charge in [0.25, 0.3) is 0 Å². The Morgan fingerprint density at radius 2 is 2.10 bits per heavy atom. The molecule has 1 rings (SSSR count). The summed E-state index contributed by atoms with van der Waals surface area (Å²) in [5.74, 6) is 1.34. The van der Waals surface area contributed by atoms with Gasteiger partial charge in [-0.05, 0) is 30.4 Å². The number of rotatable bonds is 8. The Balaban J connectivity index is 2.24. The second-order valence-electron chi connectivity index (χ2n) is 4.63. The van der Waals surface area contributed by atoms with Crippen LogP contribution in [-0.2, 0) is 14.6 Å². The first-order valence-electron chi connectivity index (χ1n) is 6.38. The summed E-state index contributed by atoms with van der Waals surface area (Å²) >= 11 is 7.37. The lowest BCUT2D eigenvalue weighted by Crippen LogP contribution is -2.13. The molecule has 1 amide bonds. The molecule has 0 heterocycles. The molecule has 0 spiro atoms. The van der Waals surface area contributed by atoms with Crippen molar-refractivity contribution in [3.05, 3.63) is 23.2 Å². The number of carbonyl (C=O) groups is 1. The van der Waals surface area contributed by atoms with Crippen molar-refractivity contribution < 1.29 is 13.2 Å². The smallest absolute Gasteiger partial charge is 0.224 e. The number of carbonyl (C=O) groups excluding carboxylic acids is 1. The molecule has 5 nitrogen and oxygen atoms in total. The maximum Gasteiger partial charge on any atom is 0.224 e. The first kappa shape index (κ1) is 18.1. The van der Waals surface area contributed by atoms with E-state index in [2.05, 4.69) is 5.32 Å². The molecule has 0 aliphatic heterocycles. The highest BCUT2D eigenvalue weighted by Gasteiger charge is 2.06. The number of anilines is 2.